The second-order valence-electron chi connectivity index (χ2n) is 5.71. The molecule has 4 nitrogen and oxygen atoms in total. The maximum Gasteiger partial charge on any atom is 0.0611 e. The molecule has 2 unspecified atom stereocenters. The molecular weight excluding hydrogens is 214 g/mol. The molecule has 1 saturated heterocycles. The van der Waals surface area contributed by atoms with Gasteiger partial charge in [-0.25, -0.2) is 0 Å². The van der Waals surface area contributed by atoms with E-state index >= 15 is 0 Å². The van der Waals surface area contributed by atoms with Crippen LogP contribution in [-0.4, -0.2) is 73.4 Å². The molecule has 102 valence electrons. The fraction of sp³-hybridized carbons (Fsp3) is 1.00. The summed E-state index contributed by atoms with van der Waals surface area (Å²) in [4.78, 5) is 4.82. The minimum atomic E-state index is -0.120. The van der Waals surface area contributed by atoms with Crippen LogP contribution in [0, 0.1) is 0 Å². The van der Waals surface area contributed by atoms with Crippen molar-refractivity contribution in [1.82, 2.24) is 15.1 Å². The first kappa shape index (κ1) is 14.9. The SMILES string of the molecule is CCNC(C)(CO)CCN1CCC(N(C)C)C1. The van der Waals surface area contributed by atoms with E-state index < -0.39 is 0 Å². The van der Waals surface area contributed by atoms with Gasteiger partial charge in [-0.3, -0.25) is 0 Å². The Morgan fingerprint density at radius 2 is 2.18 bits per heavy atom. The molecule has 2 N–H and O–H groups in total. The second kappa shape index (κ2) is 6.69. The van der Waals surface area contributed by atoms with Gasteiger partial charge in [0.15, 0.2) is 0 Å². The lowest BCUT2D eigenvalue weighted by atomic mass is 9.99. The molecule has 0 aromatic carbocycles. The number of aliphatic hydroxyl groups excluding tert-OH is 1. The van der Waals surface area contributed by atoms with Gasteiger partial charge in [0.2, 0.25) is 0 Å². The molecule has 1 aliphatic rings. The van der Waals surface area contributed by atoms with E-state index in [9.17, 15) is 5.11 Å². The van der Waals surface area contributed by atoms with Crippen LogP contribution in [0.3, 0.4) is 0 Å². The predicted octanol–water partition coefficient (Wildman–Crippen LogP) is 0.373. The normalized spacial score (nSPS) is 25.4. The highest BCUT2D eigenvalue weighted by molar-refractivity contribution is 4.86. The van der Waals surface area contributed by atoms with Crippen molar-refractivity contribution in [3.63, 3.8) is 0 Å². The van der Waals surface area contributed by atoms with Gasteiger partial charge in [0, 0.05) is 24.7 Å². The number of rotatable bonds is 7. The highest BCUT2D eigenvalue weighted by Crippen LogP contribution is 2.16. The number of aliphatic hydroxyl groups is 1. The van der Waals surface area contributed by atoms with Crippen LogP contribution in [0.2, 0.25) is 0 Å². The molecule has 17 heavy (non-hydrogen) atoms. The second-order valence-corrected chi connectivity index (χ2v) is 5.71. The summed E-state index contributed by atoms with van der Waals surface area (Å²) in [6, 6.07) is 0.703. The van der Waals surface area contributed by atoms with Crippen molar-refractivity contribution in [2.75, 3.05) is 46.9 Å². The van der Waals surface area contributed by atoms with E-state index in [0.717, 1.165) is 19.5 Å². The van der Waals surface area contributed by atoms with Gasteiger partial charge in [0.05, 0.1) is 6.61 Å². The van der Waals surface area contributed by atoms with Crippen LogP contribution in [0.15, 0.2) is 0 Å². The standard InChI is InChI=1S/C13H29N3O/c1-5-14-13(2,11-17)7-9-16-8-6-12(10-16)15(3)4/h12,14,17H,5-11H2,1-4H3. The molecule has 2 atom stereocenters. The van der Waals surface area contributed by atoms with Crippen molar-refractivity contribution in [2.24, 2.45) is 0 Å². The smallest absolute Gasteiger partial charge is 0.0611 e. The monoisotopic (exact) mass is 243 g/mol. The fourth-order valence-electron chi connectivity index (χ4n) is 2.49. The van der Waals surface area contributed by atoms with Crippen LogP contribution in [0.4, 0.5) is 0 Å². The molecule has 1 fully saturated rings. The van der Waals surface area contributed by atoms with Crippen LogP contribution < -0.4 is 5.32 Å². The molecule has 1 aliphatic heterocycles. The summed E-state index contributed by atoms with van der Waals surface area (Å²) < 4.78 is 0. The third-order valence-corrected chi connectivity index (χ3v) is 3.91. The summed E-state index contributed by atoms with van der Waals surface area (Å²) in [5.74, 6) is 0. The molecule has 0 amide bonds. The average Bonchev–Trinajstić information content (AvgIpc) is 2.76. The summed E-state index contributed by atoms with van der Waals surface area (Å²) in [5.41, 5.74) is -0.120. The highest BCUT2D eigenvalue weighted by Gasteiger charge is 2.27. The van der Waals surface area contributed by atoms with Crippen molar-refractivity contribution in [3.05, 3.63) is 0 Å². The summed E-state index contributed by atoms with van der Waals surface area (Å²) in [5, 5.41) is 12.8. The van der Waals surface area contributed by atoms with E-state index in [-0.39, 0.29) is 12.1 Å². The lowest BCUT2D eigenvalue weighted by molar-refractivity contribution is 0.151. The number of hydrogen-bond donors (Lipinski definition) is 2. The molecule has 0 aromatic rings. The summed E-state index contributed by atoms with van der Waals surface area (Å²) in [7, 11) is 4.31. The van der Waals surface area contributed by atoms with Crippen molar-refractivity contribution >= 4 is 0 Å². The lowest BCUT2D eigenvalue weighted by Gasteiger charge is -2.30. The largest absolute Gasteiger partial charge is 0.394 e. The molecule has 0 radical (unpaired) electrons. The topological polar surface area (TPSA) is 38.7 Å². The zero-order valence-corrected chi connectivity index (χ0v) is 11.9. The summed E-state index contributed by atoms with van der Waals surface area (Å²) >= 11 is 0. The van der Waals surface area contributed by atoms with Gasteiger partial charge in [0.1, 0.15) is 0 Å². The number of nitrogens with one attached hydrogen (secondary N) is 1. The third kappa shape index (κ3) is 4.54. The number of likely N-dealkylation sites (N-methyl/N-ethyl adjacent to an activating group) is 2. The van der Waals surface area contributed by atoms with Gasteiger partial charge in [-0.2, -0.15) is 0 Å². The van der Waals surface area contributed by atoms with Crippen molar-refractivity contribution in [3.8, 4) is 0 Å². The predicted molar refractivity (Wildman–Crippen MR) is 72.3 cm³/mol. The van der Waals surface area contributed by atoms with E-state index in [1.165, 1.54) is 19.5 Å². The van der Waals surface area contributed by atoms with Crippen LogP contribution in [0.5, 0.6) is 0 Å². The highest BCUT2D eigenvalue weighted by atomic mass is 16.3. The first-order chi connectivity index (χ1) is 8.00. The molecule has 0 bridgehead atoms. The number of likely N-dealkylation sites (tertiary alicyclic amines) is 1. The molecule has 0 aliphatic carbocycles. The van der Waals surface area contributed by atoms with Crippen LogP contribution >= 0.6 is 0 Å². The molecule has 0 spiro atoms. The van der Waals surface area contributed by atoms with Crippen molar-refractivity contribution in [2.45, 2.75) is 38.3 Å². The maximum absolute atomic E-state index is 9.44. The quantitative estimate of drug-likeness (QED) is 0.678. The average molecular weight is 243 g/mol. The Morgan fingerprint density at radius 1 is 1.47 bits per heavy atom. The zero-order chi connectivity index (χ0) is 12.9. The molecule has 4 heteroatoms. The first-order valence-corrected chi connectivity index (χ1v) is 6.75. The van der Waals surface area contributed by atoms with Crippen LogP contribution in [0.25, 0.3) is 0 Å². The Balaban J connectivity index is 2.31. The maximum atomic E-state index is 9.44. The molecule has 0 saturated carbocycles. The molecular formula is C13H29N3O. The lowest BCUT2D eigenvalue weighted by Crippen LogP contribution is -2.47. The Hall–Kier alpha value is -0.160. The molecule has 0 aromatic heterocycles. The third-order valence-electron chi connectivity index (χ3n) is 3.91. The van der Waals surface area contributed by atoms with Crippen LogP contribution in [-0.2, 0) is 0 Å². The molecule has 1 rings (SSSR count). The van der Waals surface area contributed by atoms with Gasteiger partial charge in [0.25, 0.3) is 0 Å². The van der Waals surface area contributed by atoms with E-state index in [0.29, 0.717) is 6.04 Å². The van der Waals surface area contributed by atoms with Gasteiger partial charge in [-0.05, 0) is 47.0 Å². The van der Waals surface area contributed by atoms with E-state index in [1.807, 2.05) is 0 Å². The minimum absolute atomic E-state index is 0.120. The Morgan fingerprint density at radius 3 is 2.65 bits per heavy atom. The summed E-state index contributed by atoms with van der Waals surface area (Å²) in [6.45, 7) is 8.76. The van der Waals surface area contributed by atoms with Crippen molar-refractivity contribution in [1.29, 1.82) is 0 Å². The van der Waals surface area contributed by atoms with E-state index in [4.69, 9.17) is 0 Å². The Bertz CT molecular complexity index is 223. The van der Waals surface area contributed by atoms with Gasteiger partial charge in [-0.1, -0.05) is 6.92 Å². The molecule has 1 heterocycles. The Labute approximate surface area is 106 Å². The van der Waals surface area contributed by atoms with Gasteiger partial charge >= 0.3 is 0 Å². The van der Waals surface area contributed by atoms with Gasteiger partial charge < -0.3 is 20.2 Å². The van der Waals surface area contributed by atoms with Crippen molar-refractivity contribution < 1.29 is 5.11 Å². The van der Waals surface area contributed by atoms with Gasteiger partial charge in [-0.15, -0.1) is 0 Å². The number of nitrogens with zero attached hydrogens (tertiary/aromatic N) is 2. The zero-order valence-electron chi connectivity index (χ0n) is 11.9. The fourth-order valence-corrected chi connectivity index (χ4v) is 2.49. The first-order valence-electron chi connectivity index (χ1n) is 6.75. The summed E-state index contributed by atoms with van der Waals surface area (Å²) in [6.07, 6.45) is 2.28. The van der Waals surface area contributed by atoms with E-state index in [2.05, 4.69) is 43.1 Å². The van der Waals surface area contributed by atoms with Crippen LogP contribution in [0.1, 0.15) is 26.7 Å². The number of hydrogen-bond acceptors (Lipinski definition) is 4. The van der Waals surface area contributed by atoms with E-state index in [1.54, 1.807) is 0 Å². The Kier molecular flexibility index (Phi) is 5.86. The minimum Gasteiger partial charge on any atom is -0.394 e.